The molecular formula is C23H35NO3S. The van der Waals surface area contributed by atoms with Gasteiger partial charge in [-0.25, -0.2) is 0 Å². The fourth-order valence-corrected chi connectivity index (χ4v) is 3.69. The number of nitrogens with zero attached hydrogens (tertiary/aromatic N) is 1. The number of aromatic nitrogens is 1. The zero-order chi connectivity index (χ0) is 20.3. The van der Waals surface area contributed by atoms with Crippen molar-refractivity contribution in [1.29, 1.82) is 0 Å². The van der Waals surface area contributed by atoms with Gasteiger partial charge in [-0.1, -0.05) is 89.0 Å². The predicted octanol–water partition coefficient (Wildman–Crippen LogP) is 6.39. The number of hydrogen-bond acceptors (Lipinski definition) is 4. The number of unbranched alkanes of at least 4 members (excludes halogenated alkanes) is 9. The van der Waals surface area contributed by atoms with E-state index in [9.17, 15) is 8.42 Å². The second kappa shape index (κ2) is 16.3. The van der Waals surface area contributed by atoms with Gasteiger partial charge in [-0.15, -0.1) is 0 Å². The number of pyridine rings is 1. The van der Waals surface area contributed by atoms with Crippen molar-refractivity contribution in [3.05, 3.63) is 60.9 Å². The molecule has 1 heterocycles. The average Bonchev–Trinajstić information content (AvgIpc) is 2.74. The third-order valence-electron chi connectivity index (χ3n) is 4.33. The minimum absolute atomic E-state index is 0.238. The molecule has 2 rings (SSSR count). The van der Waals surface area contributed by atoms with E-state index in [4.69, 9.17) is 4.18 Å². The van der Waals surface area contributed by atoms with Gasteiger partial charge in [0.15, 0.2) is 0 Å². The van der Waals surface area contributed by atoms with Crippen LogP contribution in [0.2, 0.25) is 0 Å². The summed E-state index contributed by atoms with van der Waals surface area (Å²) in [6, 6.07) is 14.0. The molecule has 0 atom stereocenters. The lowest BCUT2D eigenvalue weighted by atomic mass is 10.1. The van der Waals surface area contributed by atoms with Crippen molar-refractivity contribution in [2.75, 3.05) is 6.61 Å². The number of hydrogen-bond donors (Lipinski definition) is 0. The zero-order valence-corrected chi connectivity index (χ0v) is 17.9. The standard InChI is InChI=1S/C18H30O3S.C5H5N/c1-2-3-4-5-6-7-8-9-10-14-17-21-22(19,20)18-15-12-11-13-16-18;1-2-4-6-5-3-1/h11-13,15-16H,2-10,14,17H2,1H3;1-5H. The third-order valence-corrected chi connectivity index (χ3v) is 5.66. The quantitative estimate of drug-likeness (QED) is 0.286. The molecule has 0 fully saturated rings. The van der Waals surface area contributed by atoms with E-state index in [0.717, 1.165) is 12.8 Å². The smallest absolute Gasteiger partial charge is 0.266 e. The molecule has 0 bridgehead atoms. The molecule has 1 aromatic carbocycles. The second-order valence-corrected chi connectivity index (χ2v) is 8.41. The summed E-state index contributed by atoms with van der Waals surface area (Å²) in [5, 5.41) is 0. The molecule has 0 saturated heterocycles. The summed E-state index contributed by atoms with van der Waals surface area (Å²) in [7, 11) is -3.57. The lowest BCUT2D eigenvalue weighted by Crippen LogP contribution is -2.07. The summed E-state index contributed by atoms with van der Waals surface area (Å²) < 4.78 is 28.8. The van der Waals surface area contributed by atoms with Crippen LogP contribution in [-0.2, 0) is 14.3 Å². The van der Waals surface area contributed by atoms with Crippen LogP contribution in [0.5, 0.6) is 0 Å². The van der Waals surface area contributed by atoms with Gasteiger partial charge in [-0.2, -0.15) is 8.42 Å². The van der Waals surface area contributed by atoms with Crippen LogP contribution >= 0.6 is 0 Å². The van der Waals surface area contributed by atoms with E-state index in [0.29, 0.717) is 0 Å². The topological polar surface area (TPSA) is 56.3 Å². The maximum Gasteiger partial charge on any atom is 0.296 e. The Balaban J connectivity index is 0.000000552. The Morgan fingerprint density at radius 2 is 1.21 bits per heavy atom. The van der Waals surface area contributed by atoms with Gasteiger partial charge in [0.2, 0.25) is 0 Å². The molecule has 0 radical (unpaired) electrons. The van der Waals surface area contributed by atoms with Gasteiger partial charge in [0.25, 0.3) is 10.1 Å². The van der Waals surface area contributed by atoms with Gasteiger partial charge in [0.05, 0.1) is 11.5 Å². The van der Waals surface area contributed by atoms with Crippen molar-refractivity contribution in [3.8, 4) is 0 Å². The summed E-state index contributed by atoms with van der Waals surface area (Å²) in [5.74, 6) is 0. The van der Waals surface area contributed by atoms with Crippen molar-refractivity contribution < 1.29 is 12.6 Å². The highest BCUT2D eigenvalue weighted by molar-refractivity contribution is 7.86. The minimum Gasteiger partial charge on any atom is -0.266 e. The number of rotatable bonds is 13. The van der Waals surface area contributed by atoms with Crippen LogP contribution < -0.4 is 0 Å². The Morgan fingerprint density at radius 1 is 0.714 bits per heavy atom. The predicted molar refractivity (Wildman–Crippen MR) is 116 cm³/mol. The average molecular weight is 406 g/mol. The van der Waals surface area contributed by atoms with Gasteiger partial charge in [-0.3, -0.25) is 9.17 Å². The summed E-state index contributed by atoms with van der Waals surface area (Å²) in [5.41, 5.74) is 0. The van der Waals surface area contributed by atoms with Crippen molar-refractivity contribution in [3.63, 3.8) is 0 Å². The van der Waals surface area contributed by atoms with Crippen LogP contribution in [0.25, 0.3) is 0 Å². The van der Waals surface area contributed by atoms with E-state index in [1.54, 1.807) is 42.7 Å². The Kier molecular flexibility index (Phi) is 14.1. The summed E-state index contributed by atoms with van der Waals surface area (Å²) in [4.78, 5) is 4.02. The Labute approximate surface area is 171 Å². The highest BCUT2D eigenvalue weighted by Gasteiger charge is 2.13. The zero-order valence-electron chi connectivity index (χ0n) is 17.1. The minimum atomic E-state index is -3.57. The van der Waals surface area contributed by atoms with Gasteiger partial charge < -0.3 is 0 Å². The van der Waals surface area contributed by atoms with Crippen LogP contribution in [0.4, 0.5) is 0 Å². The first-order valence-corrected chi connectivity index (χ1v) is 11.9. The molecule has 0 saturated carbocycles. The van der Waals surface area contributed by atoms with Crippen LogP contribution in [0, 0.1) is 0 Å². The van der Waals surface area contributed by atoms with E-state index in [1.807, 2.05) is 18.2 Å². The van der Waals surface area contributed by atoms with Gasteiger partial charge in [0, 0.05) is 12.4 Å². The molecule has 4 nitrogen and oxygen atoms in total. The molecular weight excluding hydrogens is 370 g/mol. The Morgan fingerprint density at radius 3 is 1.68 bits per heavy atom. The van der Waals surface area contributed by atoms with Gasteiger partial charge in [-0.05, 0) is 30.7 Å². The first-order valence-electron chi connectivity index (χ1n) is 10.5. The van der Waals surface area contributed by atoms with Crippen molar-refractivity contribution in [2.45, 2.75) is 76.0 Å². The highest BCUT2D eigenvalue weighted by Crippen LogP contribution is 2.13. The van der Waals surface area contributed by atoms with E-state index in [1.165, 1.54) is 51.4 Å². The SMILES string of the molecule is CCCCCCCCCCCCOS(=O)(=O)c1ccccc1.c1ccncc1. The fraction of sp³-hybridized carbons (Fsp3) is 0.522. The second-order valence-electron chi connectivity index (χ2n) is 6.80. The highest BCUT2D eigenvalue weighted by atomic mass is 32.2. The molecule has 1 aromatic heterocycles. The molecule has 0 N–H and O–H groups in total. The van der Waals surface area contributed by atoms with Crippen LogP contribution in [0.1, 0.15) is 71.1 Å². The molecule has 0 spiro atoms. The van der Waals surface area contributed by atoms with Gasteiger partial charge >= 0.3 is 0 Å². The van der Waals surface area contributed by atoms with Crippen molar-refractivity contribution >= 4 is 10.1 Å². The molecule has 2 aromatic rings. The van der Waals surface area contributed by atoms with E-state index in [-0.39, 0.29) is 11.5 Å². The monoisotopic (exact) mass is 405 g/mol. The Hall–Kier alpha value is -1.72. The first-order chi connectivity index (χ1) is 13.7. The Bertz CT molecular complexity index is 649. The van der Waals surface area contributed by atoms with Crippen molar-refractivity contribution in [1.82, 2.24) is 4.98 Å². The van der Waals surface area contributed by atoms with Gasteiger partial charge in [0.1, 0.15) is 0 Å². The molecule has 0 amide bonds. The summed E-state index contributed by atoms with van der Waals surface area (Å²) >= 11 is 0. The molecule has 5 heteroatoms. The molecule has 156 valence electrons. The fourth-order valence-electron chi connectivity index (χ4n) is 2.73. The van der Waals surface area contributed by atoms with Crippen LogP contribution in [-0.4, -0.2) is 20.0 Å². The molecule has 0 aliphatic rings. The van der Waals surface area contributed by atoms with Crippen LogP contribution in [0.3, 0.4) is 0 Å². The normalized spacial score (nSPS) is 10.9. The molecule has 0 aliphatic heterocycles. The van der Waals surface area contributed by atoms with E-state index in [2.05, 4.69) is 11.9 Å². The molecule has 0 unspecified atom stereocenters. The maximum atomic E-state index is 11.9. The largest absolute Gasteiger partial charge is 0.296 e. The van der Waals surface area contributed by atoms with Crippen molar-refractivity contribution in [2.24, 2.45) is 0 Å². The summed E-state index contributed by atoms with van der Waals surface area (Å²) in [6.45, 7) is 2.52. The lowest BCUT2D eigenvalue weighted by molar-refractivity contribution is 0.306. The third kappa shape index (κ3) is 12.6. The maximum absolute atomic E-state index is 11.9. The first kappa shape index (κ1) is 24.3. The molecule has 0 aliphatic carbocycles. The lowest BCUT2D eigenvalue weighted by Gasteiger charge is -2.05. The van der Waals surface area contributed by atoms with E-state index < -0.39 is 10.1 Å². The number of benzene rings is 1. The summed E-state index contributed by atoms with van der Waals surface area (Å²) in [6.07, 6.45) is 15.8. The van der Waals surface area contributed by atoms with Crippen LogP contribution in [0.15, 0.2) is 65.8 Å². The van der Waals surface area contributed by atoms with E-state index >= 15 is 0 Å². The molecule has 28 heavy (non-hydrogen) atoms.